The van der Waals surface area contributed by atoms with Gasteiger partial charge in [-0.05, 0) is 81.2 Å². The number of ether oxygens (including phenoxy) is 3. The molecule has 1 atom stereocenters. The molecule has 10 nitrogen and oxygen atoms in total. The molecule has 0 radical (unpaired) electrons. The van der Waals surface area contributed by atoms with Crippen molar-refractivity contribution in [1.82, 2.24) is 4.90 Å². The molecule has 42 heavy (non-hydrogen) atoms. The Labute approximate surface area is 244 Å². The van der Waals surface area contributed by atoms with Crippen LogP contribution in [0.3, 0.4) is 0 Å². The van der Waals surface area contributed by atoms with Crippen LogP contribution in [0.2, 0.25) is 0 Å². The third-order valence-corrected chi connectivity index (χ3v) is 7.14. The minimum atomic E-state index is -0.742. The summed E-state index contributed by atoms with van der Waals surface area (Å²) in [4.78, 5) is 46.9. The molecule has 10 heteroatoms. The van der Waals surface area contributed by atoms with Crippen LogP contribution < -0.4 is 19.7 Å². The van der Waals surface area contributed by atoms with Gasteiger partial charge in [0.25, 0.3) is 0 Å². The molecule has 1 unspecified atom stereocenters. The van der Waals surface area contributed by atoms with Crippen LogP contribution in [0.15, 0.2) is 65.7 Å². The van der Waals surface area contributed by atoms with E-state index in [1.807, 2.05) is 61.5 Å². The first-order valence-electron chi connectivity index (χ1n) is 13.9. The lowest BCUT2D eigenvalue weighted by Gasteiger charge is -2.21. The van der Waals surface area contributed by atoms with Crippen molar-refractivity contribution < 1.29 is 28.6 Å². The van der Waals surface area contributed by atoms with Crippen LogP contribution in [0.25, 0.3) is 0 Å². The van der Waals surface area contributed by atoms with Crippen LogP contribution in [0.1, 0.15) is 40.7 Å². The topological polar surface area (TPSA) is 110 Å². The van der Waals surface area contributed by atoms with E-state index < -0.39 is 11.9 Å². The quantitative estimate of drug-likeness (QED) is 0.300. The van der Waals surface area contributed by atoms with Gasteiger partial charge in [-0.3, -0.25) is 14.6 Å². The summed E-state index contributed by atoms with van der Waals surface area (Å²) in [6.07, 6.45) is 0.408. The average molecular weight is 571 g/mol. The van der Waals surface area contributed by atoms with E-state index in [4.69, 9.17) is 19.2 Å². The van der Waals surface area contributed by atoms with Crippen molar-refractivity contribution in [2.45, 2.75) is 19.3 Å². The molecular formula is C32H34N4O6. The number of anilines is 2. The van der Waals surface area contributed by atoms with Crippen LogP contribution >= 0.6 is 0 Å². The fraction of sp³-hybridized carbons (Fsp3) is 0.312. The molecule has 0 saturated carbocycles. The summed E-state index contributed by atoms with van der Waals surface area (Å²) in [5.41, 5.74) is 4.15. The zero-order valence-corrected chi connectivity index (χ0v) is 24.2. The molecule has 218 valence electrons. The van der Waals surface area contributed by atoms with Gasteiger partial charge in [-0.15, -0.1) is 0 Å². The third-order valence-electron chi connectivity index (χ3n) is 7.14. The Morgan fingerprint density at radius 1 is 0.952 bits per heavy atom. The van der Waals surface area contributed by atoms with Crippen molar-refractivity contribution in [2.75, 3.05) is 57.7 Å². The predicted molar refractivity (Wildman–Crippen MR) is 160 cm³/mol. The molecule has 1 N–H and O–H groups in total. The van der Waals surface area contributed by atoms with Crippen molar-refractivity contribution in [3.8, 4) is 11.5 Å². The first kappa shape index (κ1) is 28.8. The Bertz CT molecular complexity index is 1530. The van der Waals surface area contributed by atoms with Gasteiger partial charge in [0.1, 0.15) is 19.1 Å². The first-order valence-corrected chi connectivity index (χ1v) is 13.9. The second kappa shape index (κ2) is 12.4. The summed E-state index contributed by atoms with van der Waals surface area (Å²) < 4.78 is 16.6. The van der Waals surface area contributed by atoms with Crippen LogP contribution in [-0.2, 0) is 14.3 Å². The highest BCUT2D eigenvalue weighted by Crippen LogP contribution is 2.39. The molecule has 2 aliphatic heterocycles. The summed E-state index contributed by atoms with van der Waals surface area (Å²) in [5.74, 6) is -0.236. The number of amides is 2. The van der Waals surface area contributed by atoms with Gasteiger partial charge in [0.2, 0.25) is 11.8 Å². The average Bonchev–Trinajstić information content (AvgIpc) is 3.33. The summed E-state index contributed by atoms with van der Waals surface area (Å²) >= 11 is 0. The molecule has 2 amide bonds. The molecular weight excluding hydrogens is 536 g/mol. The number of esters is 1. The van der Waals surface area contributed by atoms with Gasteiger partial charge in [-0.1, -0.05) is 6.07 Å². The summed E-state index contributed by atoms with van der Waals surface area (Å²) in [6, 6.07) is 17.9. The number of rotatable bonds is 9. The van der Waals surface area contributed by atoms with E-state index in [-0.39, 0.29) is 18.4 Å². The second-order valence-electron chi connectivity index (χ2n) is 10.3. The van der Waals surface area contributed by atoms with Gasteiger partial charge in [0.05, 0.1) is 23.6 Å². The molecule has 0 fully saturated rings. The number of nitrogens with zero attached hydrogens (tertiary/aromatic N) is 3. The number of nitrogens with one attached hydrogen (secondary N) is 1. The Morgan fingerprint density at radius 2 is 1.67 bits per heavy atom. The van der Waals surface area contributed by atoms with Crippen LogP contribution in [0.5, 0.6) is 11.5 Å². The fourth-order valence-corrected chi connectivity index (χ4v) is 4.89. The van der Waals surface area contributed by atoms with E-state index in [1.54, 1.807) is 37.1 Å². The second-order valence-corrected chi connectivity index (χ2v) is 10.3. The highest BCUT2D eigenvalue weighted by atomic mass is 16.6. The smallest absolute Gasteiger partial charge is 0.338 e. The predicted octanol–water partition coefficient (Wildman–Crippen LogP) is 4.41. The molecule has 0 saturated heterocycles. The molecule has 0 aliphatic carbocycles. The zero-order chi connectivity index (χ0) is 29.8. The van der Waals surface area contributed by atoms with E-state index in [2.05, 4.69) is 5.32 Å². The summed E-state index contributed by atoms with van der Waals surface area (Å²) in [5, 5.41) is 2.91. The van der Waals surface area contributed by atoms with Gasteiger partial charge in [-0.25, -0.2) is 4.79 Å². The lowest BCUT2D eigenvalue weighted by atomic mass is 9.90. The molecule has 0 spiro atoms. The van der Waals surface area contributed by atoms with Crippen molar-refractivity contribution >= 4 is 40.6 Å². The zero-order valence-electron chi connectivity index (χ0n) is 24.2. The monoisotopic (exact) mass is 570 g/mol. The van der Waals surface area contributed by atoms with E-state index in [0.717, 1.165) is 5.69 Å². The minimum Gasteiger partial charge on any atom is -0.486 e. The largest absolute Gasteiger partial charge is 0.486 e. The molecule has 3 aromatic rings. The van der Waals surface area contributed by atoms with Crippen molar-refractivity contribution in [3.05, 3.63) is 77.4 Å². The Morgan fingerprint density at radius 3 is 2.38 bits per heavy atom. The number of hydrogen-bond donors (Lipinski definition) is 1. The van der Waals surface area contributed by atoms with Gasteiger partial charge in [0, 0.05) is 37.0 Å². The molecule has 0 bridgehead atoms. The lowest BCUT2D eigenvalue weighted by molar-refractivity contribution is -0.118. The van der Waals surface area contributed by atoms with E-state index >= 15 is 0 Å². The van der Waals surface area contributed by atoms with Crippen LogP contribution in [0.4, 0.5) is 17.1 Å². The highest BCUT2D eigenvalue weighted by Gasteiger charge is 2.36. The van der Waals surface area contributed by atoms with E-state index in [1.165, 1.54) is 0 Å². The molecule has 2 aliphatic rings. The molecule has 3 aromatic carbocycles. The number of hydrogen-bond acceptors (Lipinski definition) is 8. The SMILES string of the molecule is CCOC(=O)c1ccc2c(c1)NC(=O)C2C(=Nc1ccc(N(C)C(=O)CCN(C)C)cc1)c1ccc2c(c1)OCCO2. The van der Waals surface area contributed by atoms with E-state index in [0.29, 0.717) is 71.5 Å². The molecule has 0 aromatic heterocycles. The van der Waals surface area contributed by atoms with Crippen LogP contribution in [0, 0.1) is 0 Å². The molecule has 5 rings (SSSR count). The number of carbonyl (C=O) groups is 3. The highest BCUT2D eigenvalue weighted by molar-refractivity contribution is 6.24. The maximum Gasteiger partial charge on any atom is 0.338 e. The number of carbonyl (C=O) groups excluding carboxylic acids is 3. The lowest BCUT2D eigenvalue weighted by Crippen LogP contribution is -2.29. The number of aliphatic imine (C=N–C) groups is 1. The number of fused-ring (bicyclic) bond motifs is 2. The summed E-state index contributed by atoms with van der Waals surface area (Å²) in [6.45, 7) is 3.55. The molecule has 2 heterocycles. The maximum absolute atomic E-state index is 13.4. The Kier molecular flexibility index (Phi) is 8.53. The van der Waals surface area contributed by atoms with Gasteiger partial charge < -0.3 is 29.3 Å². The first-order chi connectivity index (χ1) is 20.2. The van der Waals surface area contributed by atoms with Crippen molar-refractivity contribution in [1.29, 1.82) is 0 Å². The third kappa shape index (κ3) is 6.13. The Hall–Kier alpha value is -4.70. The van der Waals surface area contributed by atoms with Crippen LogP contribution in [-0.4, -0.2) is 75.9 Å². The normalized spacial score (nSPS) is 15.7. The standard InChI is InChI=1S/C32H34N4O6/c1-5-40-32(39)21-6-12-24-25(18-21)34-31(38)29(24)30(20-7-13-26-27(19-20)42-17-16-41-26)33-22-8-10-23(11-9-22)36(4)28(37)14-15-35(2)3/h6-13,18-19,29H,5,14-17H2,1-4H3,(H,34,38). The van der Waals surface area contributed by atoms with Crippen molar-refractivity contribution in [2.24, 2.45) is 4.99 Å². The number of benzene rings is 3. The fourth-order valence-electron chi connectivity index (χ4n) is 4.89. The summed E-state index contributed by atoms with van der Waals surface area (Å²) in [7, 11) is 5.62. The Balaban J connectivity index is 1.51. The van der Waals surface area contributed by atoms with Gasteiger partial charge >= 0.3 is 5.97 Å². The van der Waals surface area contributed by atoms with Crippen molar-refractivity contribution in [3.63, 3.8) is 0 Å². The maximum atomic E-state index is 13.4. The van der Waals surface area contributed by atoms with Gasteiger partial charge in [-0.2, -0.15) is 0 Å². The minimum absolute atomic E-state index is 0.0124. The van der Waals surface area contributed by atoms with Gasteiger partial charge in [0.15, 0.2) is 11.5 Å². The van der Waals surface area contributed by atoms with E-state index in [9.17, 15) is 14.4 Å².